The maximum Gasteiger partial charge on any atom is 0.243 e. The number of rotatable bonds is 7. The molecule has 1 aliphatic heterocycles. The monoisotopic (exact) mass is 481 g/mol. The summed E-state index contributed by atoms with van der Waals surface area (Å²) in [6, 6.07) is 10.3. The van der Waals surface area contributed by atoms with Gasteiger partial charge in [0.25, 0.3) is 0 Å². The summed E-state index contributed by atoms with van der Waals surface area (Å²) in [5.41, 5.74) is 0.774. The van der Waals surface area contributed by atoms with Crippen LogP contribution in [0.4, 0.5) is 4.39 Å². The van der Waals surface area contributed by atoms with Crippen LogP contribution in [0.15, 0.2) is 47.4 Å². The van der Waals surface area contributed by atoms with Crippen LogP contribution in [0.2, 0.25) is 5.02 Å². The van der Waals surface area contributed by atoms with Crippen molar-refractivity contribution in [2.45, 2.75) is 18.4 Å². The molecule has 0 N–H and O–H groups in total. The quantitative estimate of drug-likeness (QED) is 0.568. The lowest BCUT2D eigenvalue weighted by Gasteiger charge is -2.34. The van der Waals surface area contributed by atoms with Crippen LogP contribution in [0, 0.1) is 5.82 Å². The van der Waals surface area contributed by atoms with Crippen LogP contribution in [-0.4, -0.2) is 74.0 Å². The van der Waals surface area contributed by atoms with Gasteiger partial charge in [0.15, 0.2) is 5.78 Å². The molecule has 0 spiro atoms. The van der Waals surface area contributed by atoms with Crippen molar-refractivity contribution in [3.63, 3.8) is 0 Å². The van der Waals surface area contributed by atoms with E-state index >= 15 is 0 Å². The van der Waals surface area contributed by atoms with Crippen LogP contribution in [0.1, 0.15) is 22.8 Å². The molecule has 1 amide bonds. The highest BCUT2D eigenvalue weighted by Gasteiger charge is 2.30. The lowest BCUT2D eigenvalue weighted by molar-refractivity contribution is -0.133. The fourth-order valence-corrected chi connectivity index (χ4v) is 5.17. The number of Topliss-reactive ketones (excluding diaryl/α,β-unsaturated/α-hetero) is 1. The van der Waals surface area contributed by atoms with Gasteiger partial charge in [-0.3, -0.25) is 14.5 Å². The maximum absolute atomic E-state index is 14.0. The Morgan fingerprint density at radius 1 is 1.06 bits per heavy atom. The van der Waals surface area contributed by atoms with Gasteiger partial charge in [0.1, 0.15) is 5.82 Å². The summed E-state index contributed by atoms with van der Waals surface area (Å²) in [5.74, 6) is -0.724. The molecule has 1 saturated heterocycles. The molecule has 0 bridgehead atoms. The van der Waals surface area contributed by atoms with Crippen molar-refractivity contribution >= 4 is 33.3 Å². The van der Waals surface area contributed by atoms with E-state index in [1.807, 2.05) is 0 Å². The molecule has 3 rings (SSSR count). The van der Waals surface area contributed by atoms with E-state index < -0.39 is 15.8 Å². The van der Waals surface area contributed by atoms with Crippen molar-refractivity contribution in [3.05, 3.63) is 64.4 Å². The van der Waals surface area contributed by atoms with E-state index in [0.717, 1.165) is 0 Å². The van der Waals surface area contributed by atoms with Crippen LogP contribution < -0.4 is 0 Å². The fourth-order valence-electron chi connectivity index (χ4n) is 3.53. The molecule has 2 aromatic carbocycles. The third kappa shape index (κ3) is 5.53. The average Bonchev–Trinajstić information content (AvgIpc) is 2.76. The molecule has 0 unspecified atom stereocenters. The summed E-state index contributed by atoms with van der Waals surface area (Å²) in [6.45, 7) is 2.53. The molecular formula is C22H25ClFN3O4S. The zero-order valence-corrected chi connectivity index (χ0v) is 19.5. The number of amides is 1. The summed E-state index contributed by atoms with van der Waals surface area (Å²) in [5, 5.41) is 0.305. The number of hydrogen-bond acceptors (Lipinski definition) is 5. The number of sulfonamides is 1. The lowest BCUT2D eigenvalue weighted by Crippen LogP contribution is -2.52. The van der Waals surface area contributed by atoms with E-state index in [1.54, 1.807) is 22.9 Å². The van der Waals surface area contributed by atoms with Gasteiger partial charge in [-0.25, -0.2) is 12.8 Å². The predicted molar refractivity (Wildman–Crippen MR) is 120 cm³/mol. The van der Waals surface area contributed by atoms with Crippen LogP contribution in [0.5, 0.6) is 0 Å². The molecule has 7 nitrogen and oxygen atoms in total. The van der Waals surface area contributed by atoms with Crippen molar-refractivity contribution < 1.29 is 22.4 Å². The standard InChI is InChI=1S/C22H25ClFN3O4S/c1-16(28)17-6-8-18(9-7-17)32(30,31)27-12-10-26(11-13-27)22(29)15-25(2)14-19-20(23)4-3-5-21(19)24/h3-9H,10-15H2,1-2H3. The highest BCUT2D eigenvalue weighted by atomic mass is 35.5. The first-order valence-corrected chi connectivity index (χ1v) is 11.9. The summed E-state index contributed by atoms with van der Waals surface area (Å²) in [7, 11) is -2.01. The van der Waals surface area contributed by atoms with Crippen LogP contribution >= 0.6 is 11.6 Å². The van der Waals surface area contributed by atoms with Crippen molar-refractivity contribution in [2.24, 2.45) is 0 Å². The number of nitrogens with zero attached hydrogens (tertiary/aromatic N) is 3. The zero-order valence-electron chi connectivity index (χ0n) is 17.9. The van der Waals surface area contributed by atoms with E-state index in [1.165, 1.54) is 47.6 Å². The number of hydrogen-bond donors (Lipinski definition) is 0. The van der Waals surface area contributed by atoms with Gasteiger partial charge in [0, 0.05) is 48.9 Å². The lowest BCUT2D eigenvalue weighted by atomic mass is 10.2. The Balaban J connectivity index is 1.56. The topological polar surface area (TPSA) is 78.0 Å². The van der Waals surface area contributed by atoms with Gasteiger partial charge < -0.3 is 4.90 Å². The van der Waals surface area contributed by atoms with E-state index in [2.05, 4.69) is 0 Å². The summed E-state index contributed by atoms with van der Waals surface area (Å²) in [4.78, 5) is 27.4. The minimum Gasteiger partial charge on any atom is -0.339 e. The Bertz CT molecular complexity index is 1080. The number of ketones is 1. The molecule has 1 heterocycles. The minimum atomic E-state index is -3.71. The van der Waals surface area contributed by atoms with Gasteiger partial charge in [0.2, 0.25) is 15.9 Å². The van der Waals surface area contributed by atoms with Crippen molar-refractivity contribution in [2.75, 3.05) is 39.8 Å². The highest BCUT2D eigenvalue weighted by molar-refractivity contribution is 7.89. The number of carbonyl (C=O) groups excluding carboxylic acids is 2. The van der Waals surface area contributed by atoms with E-state index in [9.17, 15) is 22.4 Å². The molecule has 1 fully saturated rings. The molecule has 0 radical (unpaired) electrons. The normalized spacial score (nSPS) is 15.2. The first kappa shape index (κ1) is 24.3. The smallest absolute Gasteiger partial charge is 0.243 e. The van der Waals surface area contributed by atoms with Crippen molar-refractivity contribution in [1.29, 1.82) is 0 Å². The molecule has 172 valence electrons. The Morgan fingerprint density at radius 3 is 2.25 bits per heavy atom. The molecule has 0 saturated carbocycles. The Morgan fingerprint density at radius 2 is 1.69 bits per heavy atom. The van der Waals surface area contributed by atoms with Crippen molar-refractivity contribution in [3.8, 4) is 0 Å². The molecular weight excluding hydrogens is 457 g/mol. The van der Waals surface area contributed by atoms with Gasteiger partial charge in [-0.05, 0) is 38.2 Å². The molecule has 2 aromatic rings. The molecule has 10 heteroatoms. The first-order valence-electron chi connectivity index (χ1n) is 10.1. The first-order chi connectivity index (χ1) is 15.1. The van der Waals surface area contributed by atoms with Gasteiger partial charge in [-0.15, -0.1) is 0 Å². The maximum atomic E-state index is 14.0. The number of halogens is 2. The highest BCUT2D eigenvalue weighted by Crippen LogP contribution is 2.21. The second kappa shape index (κ2) is 10.1. The van der Waals surface area contributed by atoms with Crippen molar-refractivity contribution in [1.82, 2.24) is 14.1 Å². The zero-order chi connectivity index (χ0) is 23.5. The second-order valence-corrected chi connectivity index (χ2v) is 10.1. The number of carbonyl (C=O) groups is 2. The number of benzene rings is 2. The summed E-state index contributed by atoms with van der Waals surface area (Å²) >= 11 is 6.05. The largest absolute Gasteiger partial charge is 0.339 e. The Labute approximate surface area is 192 Å². The van der Waals surface area contributed by atoms with Gasteiger partial charge in [-0.2, -0.15) is 4.31 Å². The third-order valence-electron chi connectivity index (χ3n) is 5.38. The van der Waals surface area contributed by atoms with Gasteiger partial charge >= 0.3 is 0 Å². The van der Waals surface area contributed by atoms with Crippen LogP contribution in [0.3, 0.4) is 0 Å². The van der Waals surface area contributed by atoms with E-state index in [0.29, 0.717) is 16.1 Å². The molecule has 0 aromatic heterocycles. The molecule has 32 heavy (non-hydrogen) atoms. The van der Waals surface area contributed by atoms with Crippen LogP contribution in [-0.2, 0) is 21.4 Å². The minimum absolute atomic E-state index is 0.0594. The molecule has 0 aliphatic carbocycles. The van der Waals surface area contributed by atoms with Gasteiger partial charge in [-0.1, -0.05) is 29.8 Å². The van der Waals surface area contributed by atoms with E-state index in [4.69, 9.17) is 11.6 Å². The molecule has 0 atom stereocenters. The Kier molecular flexibility index (Phi) is 7.66. The fraction of sp³-hybridized carbons (Fsp3) is 0.364. The Hall–Kier alpha value is -2.33. The van der Waals surface area contributed by atoms with Crippen LogP contribution in [0.25, 0.3) is 0 Å². The van der Waals surface area contributed by atoms with Gasteiger partial charge in [0.05, 0.1) is 11.4 Å². The number of likely N-dealkylation sites (N-methyl/N-ethyl adjacent to an activating group) is 1. The summed E-state index contributed by atoms with van der Waals surface area (Å²) < 4.78 is 41.1. The summed E-state index contributed by atoms with van der Waals surface area (Å²) in [6.07, 6.45) is 0. The molecule has 1 aliphatic rings. The third-order valence-corrected chi connectivity index (χ3v) is 7.65. The number of piperazine rings is 1. The second-order valence-electron chi connectivity index (χ2n) is 7.74. The van der Waals surface area contributed by atoms with E-state index in [-0.39, 0.29) is 55.9 Å². The predicted octanol–water partition coefficient (Wildman–Crippen LogP) is 2.65. The average molecular weight is 482 g/mol. The SMILES string of the molecule is CC(=O)c1ccc(S(=O)(=O)N2CCN(C(=O)CN(C)Cc3c(F)cccc3Cl)CC2)cc1.